The van der Waals surface area contributed by atoms with Crippen LogP contribution < -0.4 is 0 Å². The summed E-state index contributed by atoms with van der Waals surface area (Å²) in [7, 11) is 0. The number of aldehydes is 1. The Bertz CT molecular complexity index is 227. The molecule has 12 heavy (non-hydrogen) atoms. The van der Waals surface area contributed by atoms with E-state index in [-0.39, 0.29) is 12.0 Å². The standard InChI is InChI=1S/C8H10O4/c1-3-7(10)12-8(11)6(2)4-5-9/h4-5H,3H2,1-2H3. The van der Waals surface area contributed by atoms with Gasteiger partial charge >= 0.3 is 11.9 Å². The van der Waals surface area contributed by atoms with Crippen LogP contribution in [0.4, 0.5) is 0 Å². The second kappa shape index (κ2) is 5.23. The van der Waals surface area contributed by atoms with E-state index in [0.717, 1.165) is 6.08 Å². The van der Waals surface area contributed by atoms with Crippen molar-refractivity contribution in [3.8, 4) is 0 Å². The summed E-state index contributed by atoms with van der Waals surface area (Å²) in [5, 5.41) is 0. The summed E-state index contributed by atoms with van der Waals surface area (Å²) in [5.74, 6) is -1.37. The van der Waals surface area contributed by atoms with E-state index in [2.05, 4.69) is 4.74 Å². The Balaban J connectivity index is 4.13. The van der Waals surface area contributed by atoms with Crippen LogP contribution in [0.25, 0.3) is 0 Å². The Morgan fingerprint density at radius 3 is 2.42 bits per heavy atom. The van der Waals surface area contributed by atoms with Crippen molar-refractivity contribution >= 4 is 18.2 Å². The van der Waals surface area contributed by atoms with Gasteiger partial charge in [0.15, 0.2) is 0 Å². The molecule has 0 unspecified atom stereocenters. The molecule has 0 saturated heterocycles. The average Bonchev–Trinajstić information content (AvgIpc) is 2.04. The van der Waals surface area contributed by atoms with Crippen LogP contribution in [0.5, 0.6) is 0 Å². The van der Waals surface area contributed by atoms with Gasteiger partial charge in [0.2, 0.25) is 0 Å². The Morgan fingerprint density at radius 1 is 1.42 bits per heavy atom. The van der Waals surface area contributed by atoms with E-state index in [1.807, 2.05) is 0 Å². The predicted octanol–water partition coefficient (Wildman–Crippen LogP) is 0.611. The molecule has 4 nitrogen and oxygen atoms in total. The van der Waals surface area contributed by atoms with Gasteiger partial charge in [0.1, 0.15) is 6.29 Å². The molecule has 0 aliphatic heterocycles. The van der Waals surface area contributed by atoms with Crippen molar-refractivity contribution in [2.75, 3.05) is 0 Å². The second-order valence-electron chi connectivity index (χ2n) is 2.10. The first-order chi connectivity index (χ1) is 5.61. The normalized spacial score (nSPS) is 10.7. The van der Waals surface area contributed by atoms with E-state index in [4.69, 9.17) is 0 Å². The molecule has 4 heteroatoms. The van der Waals surface area contributed by atoms with Crippen LogP contribution in [0.1, 0.15) is 20.3 Å². The number of hydrogen-bond acceptors (Lipinski definition) is 4. The molecule has 0 aromatic carbocycles. The van der Waals surface area contributed by atoms with Crippen molar-refractivity contribution < 1.29 is 19.1 Å². The molecule has 0 N–H and O–H groups in total. The number of hydrogen-bond donors (Lipinski definition) is 0. The lowest BCUT2D eigenvalue weighted by atomic mass is 10.3. The first kappa shape index (κ1) is 10.6. The molecule has 0 aromatic rings. The zero-order valence-corrected chi connectivity index (χ0v) is 6.99. The first-order valence-corrected chi connectivity index (χ1v) is 3.48. The lowest BCUT2D eigenvalue weighted by Crippen LogP contribution is -2.11. The van der Waals surface area contributed by atoms with Gasteiger partial charge in [0.05, 0.1) is 0 Å². The van der Waals surface area contributed by atoms with E-state index >= 15 is 0 Å². The van der Waals surface area contributed by atoms with Gasteiger partial charge in [-0.05, 0) is 13.0 Å². The van der Waals surface area contributed by atoms with Gasteiger partial charge < -0.3 is 4.74 Å². The number of carbonyl (C=O) groups is 3. The number of rotatable bonds is 3. The van der Waals surface area contributed by atoms with Crippen LogP contribution in [0, 0.1) is 0 Å². The van der Waals surface area contributed by atoms with Crippen LogP contribution >= 0.6 is 0 Å². The van der Waals surface area contributed by atoms with Crippen LogP contribution in [0.3, 0.4) is 0 Å². The summed E-state index contributed by atoms with van der Waals surface area (Å²) in [6.45, 7) is 2.98. The zero-order chi connectivity index (χ0) is 9.56. The minimum absolute atomic E-state index is 0.117. The topological polar surface area (TPSA) is 60.4 Å². The van der Waals surface area contributed by atoms with Gasteiger partial charge in [0.25, 0.3) is 0 Å². The first-order valence-electron chi connectivity index (χ1n) is 3.48. The molecule has 0 amide bonds. The number of carbonyl (C=O) groups excluding carboxylic acids is 3. The van der Waals surface area contributed by atoms with Gasteiger partial charge in [-0.2, -0.15) is 0 Å². The van der Waals surface area contributed by atoms with E-state index in [1.54, 1.807) is 6.92 Å². The summed E-state index contributed by atoms with van der Waals surface area (Å²) >= 11 is 0. The van der Waals surface area contributed by atoms with E-state index in [0.29, 0.717) is 6.29 Å². The highest BCUT2D eigenvalue weighted by Crippen LogP contribution is 1.96. The molecule has 0 aliphatic carbocycles. The molecule has 0 aromatic heterocycles. The smallest absolute Gasteiger partial charge is 0.341 e. The molecule has 0 spiro atoms. The van der Waals surface area contributed by atoms with Crippen LogP contribution in [0.2, 0.25) is 0 Å². The zero-order valence-electron chi connectivity index (χ0n) is 6.99. The Hall–Kier alpha value is -1.45. The molecule has 0 atom stereocenters. The molecule has 0 bridgehead atoms. The highest BCUT2D eigenvalue weighted by Gasteiger charge is 2.09. The van der Waals surface area contributed by atoms with Crippen molar-refractivity contribution in [2.24, 2.45) is 0 Å². The largest absolute Gasteiger partial charge is 0.390 e. The third kappa shape index (κ3) is 3.65. The lowest BCUT2D eigenvalue weighted by Gasteiger charge is -1.98. The minimum Gasteiger partial charge on any atom is -0.390 e. The number of esters is 2. The lowest BCUT2D eigenvalue weighted by molar-refractivity contribution is -0.156. The maximum Gasteiger partial charge on any atom is 0.341 e. The van der Waals surface area contributed by atoms with E-state index < -0.39 is 11.9 Å². The Kier molecular flexibility index (Phi) is 4.60. The fraction of sp³-hybridized carbons (Fsp3) is 0.375. The van der Waals surface area contributed by atoms with Crippen molar-refractivity contribution in [1.29, 1.82) is 0 Å². The summed E-state index contributed by atoms with van der Waals surface area (Å²) in [6.07, 6.45) is 1.65. The molecule has 0 heterocycles. The average molecular weight is 170 g/mol. The highest BCUT2D eigenvalue weighted by atomic mass is 16.6. The summed E-state index contributed by atoms with van der Waals surface area (Å²) < 4.78 is 4.31. The molecule has 0 aliphatic rings. The maximum absolute atomic E-state index is 10.8. The van der Waals surface area contributed by atoms with E-state index in [1.165, 1.54) is 6.92 Å². The maximum atomic E-state index is 10.8. The van der Waals surface area contributed by atoms with Gasteiger partial charge in [-0.15, -0.1) is 0 Å². The molecule has 0 radical (unpaired) electrons. The molecule has 0 saturated carbocycles. The van der Waals surface area contributed by atoms with Gasteiger partial charge in [0, 0.05) is 12.0 Å². The minimum atomic E-state index is -0.769. The predicted molar refractivity (Wildman–Crippen MR) is 41.2 cm³/mol. The van der Waals surface area contributed by atoms with Crippen LogP contribution in [0.15, 0.2) is 11.6 Å². The molecule has 0 rings (SSSR count). The second-order valence-corrected chi connectivity index (χ2v) is 2.10. The summed E-state index contributed by atoms with van der Waals surface area (Å²) in [5.41, 5.74) is 0.117. The van der Waals surface area contributed by atoms with Crippen molar-refractivity contribution in [2.45, 2.75) is 20.3 Å². The third-order valence-corrected chi connectivity index (χ3v) is 1.14. The van der Waals surface area contributed by atoms with Gasteiger partial charge in [-0.25, -0.2) is 4.79 Å². The Morgan fingerprint density at radius 2 is 2.00 bits per heavy atom. The monoisotopic (exact) mass is 170 g/mol. The number of ether oxygens (including phenoxy) is 1. The fourth-order valence-electron chi connectivity index (χ4n) is 0.426. The van der Waals surface area contributed by atoms with Crippen molar-refractivity contribution in [1.82, 2.24) is 0 Å². The van der Waals surface area contributed by atoms with Gasteiger partial charge in [-0.3, -0.25) is 9.59 Å². The Labute approximate surface area is 70.2 Å². The fourth-order valence-corrected chi connectivity index (χ4v) is 0.426. The van der Waals surface area contributed by atoms with Gasteiger partial charge in [-0.1, -0.05) is 6.92 Å². The quantitative estimate of drug-likeness (QED) is 0.269. The number of allylic oxidation sites excluding steroid dienone is 1. The molecular weight excluding hydrogens is 160 g/mol. The van der Waals surface area contributed by atoms with Crippen LogP contribution in [-0.2, 0) is 19.1 Å². The highest BCUT2D eigenvalue weighted by molar-refractivity contribution is 5.97. The summed E-state index contributed by atoms with van der Waals surface area (Å²) in [6, 6.07) is 0. The van der Waals surface area contributed by atoms with Crippen LogP contribution in [-0.4, -0.2) is 18.2 Å². The molecular formula is C8H10O4. The van der Waals surface area contributed by atoms with E-state index in [9.17, 15) is 14.4 Å². The van der Waals surface area contributed by atoms with Crippen molar-refractivity contribution in [3.63, 3.8) is 0 Å². The molecule has 66 valence electrons. The summed E-state index contributed by atoms with van der Waals surface area (Å²) in [4.78, 5) is 31.3. The van der Waals surface area contributed by atoms with Crippen molar-refractivity contribution in [3.05, 3.63) is 11.6 Å². The third-order valence-electron chi connectivity index (χ3n) is 1.14. The molecule has 0 fully saturated rings. The SMILES string of the molecule is CCC(=O)OC(=O)C(C)=CC=O.